The smallest absolute Gasteiger partial charge is 0.313 e. The average molecular weight is 454 g/mol. The maximum absolute atomic E-state index is 13.1. The molecule has 5 heterocycles. The lowest BCUT2D eigenvalue weighted by Gasteiger charge is -2.43. The Bertz CT molecular complexity index is 1460. The molecule has 0 aliphatic carbocycles. The van der Waals surface area contributed by atoms with E-state index in [2.05, 4.69) is 19.9 Å². The minimum atomic E-state index is -0.584. The van der Waals surface area contributed by atoms with Crippen molar-refractivity contribution in [2.24, 2.45) is 0 Å². The van der Waals surface area contributed by atoms with Crippen molar-refractivity contribution in [3.63, 3.8) is 0 Å². The molecule has 1 atom stereocenters. The van der Waals surface area contributed by atoms with Crippen molar-refractivity contribution in [1.29, 1.82) is 0 Å². The molecule has 0 saturated carbocycles. The Morgan fingerprint density at radius 2 is 1.79 bits per heavy atom. The van der Waals surface area contributed by atoms with Crippen LogP contribution in [-0.2, 0) is 4.79 Å². The highest BCUT2D eigenvalue weighted by Crippen LogP contribution is 2.39. The molecule has 10 nitrogen and oxygen atoms in total. The van der Waals surface area contributed by atoms with Crippen molar-refractivity contribution < 1.29 is 19.5 Å². The molecule has 0 spiro atoms. The van der Waals surface area contributed by atoms with Gasteiger partial charge in [-0.3, -0.25) is 19.4 Å². The highest BCUT2D eigenvalue weighted by Gasteiger charge is 2.44. The summed E-state index contributed by atoms with van der Waals surface area (Å²) in [6.45, 7) is 0.869. The predicted octanol–water partition coefficient (Wildman–Crippen LogP) is 1.95. The van der Waals surface area contributed by atoms with Gasteiger partial charge in [-0.25, -0.2) is 9.97 Å². The van der Waals surface area contributed by atoms with Crippen molar-refractivity contribution in [1.82, 2.24) is 29.7 Å². The summed E-state index contributed by atoms with van der Waals surface area (Å²) in [6.07, 6.45) is 4.42. The van der Waals surface area contributed by atoms with E-state index in [-0.39, 0.29) is 25.0 Å². The van der Waals surface area contributed by atoms with Crippen LogP contribution in [0.4, 0.5) is 0 Å². The minimum absolute atomic E-state index is 0.120. The molecule has 168 valence electrons. The molecular weight excluding hydrogens is 436 g/mol. The van der Waals surface area contributed by atoms with Gasteiger partial charge in [0.15, 0.2) is 0 Å². The molecular formula is C24H18N6O4. The zero-order valence-electron chi connectivity index (χ0n) is 17.8. The van der Waals surface area contributed by atoms with E-state index in [0.29, 0.717) is 45.5 Å². The van der Waals surface area contributed by atoms with Crippen LogP contribution in [0.1, 0.15) is 32.5 Å². The summed E-state index contributed by atoms with van der Waals surface area (Å²) in [5.74, 6) is -1.28. The minimum Gasteiger partial charge on any atom is -0.479 e. The fourth-order valence-corrected chi connectivity index (χ4v) is 4.75. The Morgan fingerprint density at radius 3 is 2.56 bits per heavy atom. The summed E-state index contributed by atoms with van der Waals surface area (Å²) >= 11 is 0. The van der Waals surface area contributed by atoms with Crippen LogP contribution >= 0.6 is 0 Å². The number of fused-ring (bicyclic) bond motifs is 5. The number of aromatic amines is 1. The summed E-state index contributed by atoms with van der Waals surface area (Å²) in [6, 6.07) is 9.83. The summed E-state index contributed by atoms with van der Waals surface area (Å²) in [5, 5.41) is 9.99. The number of hydrogen-bond donors (Lipinski definition) is 2. The van der Waals surface area contributed by atoms with Crippen LogP contribution in [0.25, 0.3) is 22.2 Å². The third kappa shape index (κ3) is 2.95. The van der Waals surface area contributed by atoms with Crippen LogP contribution < -0.4 is 0 Å². The fraction of sp³-hybridized carbons (Fsp3) is 0.167. The van der Waals surface area contributed by atoms with Gasteiger partial charge >= 0.3 is 6.01 Å². The van der Waals surface area contributed by atoms with Gasteiger partial charge in [0.1, 0.15) is 0 Å². The fourth-order valence-electron chi connectivity index (χ4n) is 4.75. The van der Waals surface area contributed by atoms with Gasteiger partial charge in [0.25, 0.3) is 17.6 Å². The van der Waals surface area contributed by atoms with E-state index in [9.17, 15) is 19.5 Å². The molecule has 4 aromatic rings. The first-order valence-corrected chi connectivity index (χ1v) is 10.7. The zero-order chi connectivity index (χ0) is 23.4. The predicted molar refractivity (Wildman–Crippen MR) is 120 cm³/mol. The van der Waals surface area contributed by atoms with E-state index in [1.165, 1.54) is 17.3 Å². The van der Waals surface area contributed by atoms with Crippen LogP contribution in [0.3, 0.4) is 0 Å². The van der Waals surface area contributed by atoms with Crippen LogP contribution in [0, 0.1) is 0 Å². The number of carbonyl (C=O) groups is 3. The highest BCUT2D eigenvalue weighted by molar-refractivity contribution is 6.46. The second-order valence-electron chi connectivity index (χ2n) is 8.23. The van der Waals surface area contributed by atoms with Crippen molar-refractivity contribution in [2.75, 3.05) is 19.6 Å². The maximum Gasteiger partial charge on any atom is 0.313 e. The number of nitrogens with zero attached hydrogens (tertiary/aromatic N) is 5. The van der Waals surface area contributed by atoms with Crippen molar-refractivity contribution in [3.05, 3.63) is 71.8 Å². The normalized spacial score (nSPS) is 17.6. The van der Waals surface area contributed by atoms with Gasteiger partial charge in [-0.1, -0.05) is 18.2 Å². The van der Waals surface area contributed by atoms with Crippen molar-refractivity contribution in [3.8, 4) is 17.3 Å². The zero-order valence-corrected chi connectivity index (χ0v) is 17.8. The quantitative estimate of drug-likeness (QED) is 0.442. The van der Waals surface area contributed by atoms with Crippen LogP contribution in [0.15, 0.2) is 55.0 Å². The number of hydrogen-bond acceptors (Lipinski definition) is 7. The van der Waals surface area contributed by atoms with Gasteiger partial charge in [-0.2, -0.15) is 0 Å². The van der Waals surface area contributed by atoms with E-state index >= 15 is 0 Å². The molecule has 0 radical (unpaired) electrons. The highest BCUT2D eigenvalue weighted by atomic mass is 16.3. The number of rotatable bonds is 2. The number of piperazine rings is 1. The van der Waals surface area contributed by atoms with Gasteiger partial charge in [0.2, 0.25) is 0 Å². The Kier molecular flexibility index (Phi) is 4.41. The number of aromatic nitrogens is 4. The van der Waals surface area contributed by atoms with E-state index in [1.807, 2.05) is 18.2 Å². The van der Waals surface area contributed by atoms with E-state index in [4.69, 9.17) is 0 Å². The first-order valence-electron chi connectivity index (χ1n) is 10.7. The number of ketones is 1. The molecule has 1 saturated heterocycles. The van der Waals surface area contributed by atoms with Gasteiger partial charge in [0, 0.05) is 54.7 Å². The van der Waals surface area contributed by atoms with Crippen LogP contribution in [0.2, 0.25) is 0 Å². The van der Waals surface area contributed by atoms with E-state index < -0.39 is 17.7 Å². The molecule has 2 aliphatic rings. The Labute approximate surface area is 192 Å². The van der Waals surface area contributed by atoms with Gasteiger partial charge < -0.3 is 19.9 Å². The third-order valence-electron chi connectivity index (χ3n) is 6.36. The first kappa shape index (κ1) is 20.0. The summed E-state index contributed by atoms with van der Waals surface area (Å²) in [7, 11) is 0. The topological polar surface area (TPSA) is 132 Å². The summed E-state index contributed by atoms with van der Waals surface area (Å²) < 4.78 is 0. The number of H-pyrrole nitrogens is 1. The second-order valence-corrected chi connectivity index (χ2v) is 8.23. The Morgan fingerprint density at radius 1 is 1.03 bits per heavy atom. The number of amides is 2. The monoisotopic (exact) mass is 454 g/mol. The van der Waals surface area contributed by atoms with Gasteiger partial charge in [-0.05, 0) is 18.2 Å². The lowest BCUT2D eigenvalue weighted by Crippen LogP contribution is -2.56. The van der Waals surface area contributed by atoms with Crippen molar-refractivity contribution >= 4 is 28.5 Å². The van der Waals surface area contributed by atoms with Crippen LogP contribution in [-0.4, -0.2) is 72.1 Å². The molecule has 1 unspecified atom stereocenters. The molecule has 2 amide bonds. The number of pyridine rings is 1. The van der Waals surface area contributed by atoms with E-state index in [0.717, 1.165) is 0 Å². The lowest BCUT2D eigenvalue weighted by atomic mass is 9.93. The molecule has 1 aromatic carbocycles. The average Bonchev–Trinajstić information content (AvgIpc) is 3.28. The molecule has 2 aliphatic heterocycles. The number of carbonyl (C=O) groups excluding carboxylic acids is 3. The Hall–Kier alpha value is -4.60. The standard InChI is InChI=1S/C24H18N6O4/c31-21-17-15-6-7-25-18(14-10-26-24(34)27-11-14)19(15)28-20(17)16-12-29(8-9-30(16)23(21)33)22(32)13-4-2-1-3-5-13/h1-7,10-11,16,28H,8-9,12H2,(H,26,27,34). The van der Waals surface area contributed by atoms with Crippen molar-refractivity contribution in [2.45, 2.75) is 6.04 Å². The molecule has 0 bridgehead atoms. The molecule has 34 heavy (non-hydrogen) atoms. The molecule has 6 rings (SSSR count). The van der Waals surface area contributed by atoms with Gasteiger partial charge in [-0.15, -0.1) is 0 Å². The van der Waals surface area contributed by atoms with E-state index in [1.54, 1.807) is 29.3 Å². The number of Topliss-reactive ketones (excluding diaryl/α,β-unsaturated/α-hetero) is 1. The first-order chi connectivity index (χ1) is 16.5. The largest absolute Gasteiger partial charge is 0.479 e. The Balaban J connectivity index is 1.45. The summed E-state index contributed by atoms with van der Waals surface area (Å²) in [4.78, 5) is 57.8. The number of aromatic hydroxyl groups is 1. The lowest BCUT2D eigenvalue weighted by molar-refractivity contribution is -0.131. The third-order valence-corrected chi connectivity index (χ3v) is 6.36. The maximum atomic E-state index is 13.1. The molecule has 10 heteroatoms. The molecule has 1 fully saturated rings. The SMILES string of the molecule is O=C1C(=O)N2CCN(C(=O)c3ccccc3)CC2c2[nH]c3c(-c4cnc(O)nc4)nccc3c21. The number of benzene rings is 1. The number of nitrogens with one attached hydrogen (secondary N) is 1. The summed E-state index contributed by atoms with van der Waals surface area (Å²) in [5.41, 5.74) is 3.06. The van der Waals surface area contributed by atoms with Crippen LogP contribution in [0.5, 0.6) is 6.01 Å². The molecule has 2 N–H and O–H groups in total. The second kappa shape index (κ2) is 7.48. The van der Waals surface area contributed by atoms with Gasteiger partial charge in [0.05, 0.1) is 28.5 Å². The molecule has 3 aromatic heterocycles.